The number of carbonyl (C=O) groups is 2. The summed E-state index contributed by atoms with van der Waals surface area (Å²) in [5, 5.41) is 16.2. The maximum Gasteiger partial charge on any atom is 0.321 e. The molecule has 1 saturated carbocycles. The van der Waals surface area contributed by atoms with Gasteiger partial charge in [-0.05, 0) is 24.3 Å². The van der Waals surface area contributed by atoms with E-state index in [1.807, 2.05) is 29.1 Å². The number of thiophene rings is 1. The number of hydrogen-bond donors (Lipinski definition) is 2. The van der Waals surface area contributed by atoms with E-state index in [1.54, 1.807) is 11.3 Å². The van der Waals surface area contributed by atoms with Crippen molar-refractivity contribution in [2.75, 3.05) is 5.75 Å². The van der Waals surface area contributed by atoms with Gasteiger partial charge >= 0.3 is 6.03 Å². The fourth-order valence-electron chi connectivity index (χ4n) is 2.82. The zero-order valence-corrected chi connectivity index (χ0v) is 15.7. The van der Waals surface area contributed by atoms with E-state index < -0.39 is 6.03 Å². The predicted octanol–water partition coefficient (Wildman–Crippen LogP) is 2.79. The summed E-state index contributed by atoms with van der Waals surface area (Å²) in [4.78, 5) is 24.9. The van der Waals surface area contributed by atoms with Gasteiger partial charge in [-0.2, -0.15) is 0 Å². The van der Waals surface area contributed by atoms with Gasteiger partial charge < -0.3 is 9.88 Å². The molecule has 0 radical (unpaired) electrons. The summed E-state index contributed by atoms with van der Waals surface area (Å²) in [6, 6.07) is 3.71. The number of rotatable bonds is 5. The molecule has 0 saturated heterocycles. The van der Waals surface area contributed by atoms with Crippen molar-refractivity contribution in [2.45, 2.75) is 43.3 Å². The maximum absolute atomic E-state index is 12.0. The second-order valence-electron chi connectivity index (χ2n) is 5.99. The minimum absolute atomic E-state index is 0.120. The molecule has 0 atom stereocenters. The molecule has 9 heteroatoms. The molecular weight excluding hydrogens is 358 g/mol. The van der Waals surface area contributed by atoms with Crippen LogP contribution in [0.3, 0.4) is 0 Å². The molecule has 1 fully saturated rings. The van der Waals surface area contributed by atoms with E-state index in [9.17, 15) is 9.59 Å². The van der Waals surface area contributed by atoms with Crippen LogP contribution >= 0.6 is 23.1 Å². The summed E-state index contributed by atoms with van der Waals surface area (Å²) < 4.78 is 1.85. The van der Waals surface area contributed by atoms with Crippen molar-refractivity contribution in [3.05, 3.63) is 17.5 Å². The summed E-state index contributed by atoms with van der Waals surface area (Å²) in [7, 11) is 1.87. The lowest BCUT2D eigenvalue weighted by Gasteiger charge is -2.22. The average molecular weight is 380 g/mol. The minimum Gasteiger partial charge on any atom is -0.335 e. The van der Waals surface area contributed by atoms with Crippen molar-refractivity contribution >= 4 is 35.0 Å². The zero-order valence-electron chi connectivity index (χ0n) is 14.0. The Balaban J connectivity index is 1.46. The third kappa shape index (κ3) is 4.82. The Bertz CT molecular complexity index is 723. The van der Waals surface area contributed by atoms with Crippen LogP contribution in [0.5, 0.6) is 0 Å². The van der Waals surface area contributed by atoms with Crippen LogP contribution in [-0.4, -0.2) is 38.5 Å². The lowest BCUT2D eigenvalue weighted by molar-refractivity contribution is -0.117. The molecule has 2 heterocycles. The molecule has 3 amide bonds. The van der Waals surface area contributed by atoms with Gasteiger partial charge in [0.1, 0.15) is 0 Å². The van der Waals surface area contributed by atoms with Crippen LogP contribution in [0.2, 0.25) is 0 Å². The van der Waals surface area contributed by atoms with Gasteiger partial charge in [-0.3, -0.25) is 10.1 Å². The second kappa shape index (κ2) is 8.48. The van der Waals surface area contributed by atoms with Crippen LogP contribution in [0.4, 0.5) is 4.79 Å². The van der Waals surface area contributed by atoms with E-state index in [-0.39, 0.29) is 17.7 Å². The van der Waals surface area contributed by atoms with Crippen LogP contribution in [0, 0.1) is 0 Å². The van der Waals surface area contributed by atoms with E-state index in [2.05, 4.69) is 20.8 Å². The predicted molar refractivity (Wildman–Crippen MR) is 98.6 cm³/mol. The number of thioether (sulfide) groups is 1. The Kier molecular flexibility index (Phi) is 6.09. The Hall–Kier alpha value is -1.87. The molecule has 0 unspecified atom stereocenters. The molecule has 0 aromatic carbocycles. The summed E-state index contributed by atoms with van der Waals surface area (Å²) in [6.07, 6.45) is 5.46. The minimum atomic E-state index is -0.408. The smallest absolute Gasteiger partial charge is 0.321 e. The molecule has 3 rings (SSSR count). The highest BCUT2D eigenvalue weighted by Gasteiger charge is 2.18. The molecule has 2 aromatic rings. The van der Waals surface area contributed by atoms with Crippen LogP contribution in [0.1, 0.15) is 32.1 Å². The van der Waals surface area contributed by atoms with Crippen LogP contribution in [0.25, 0.3) is 10.7 Å². The molecule has 0 aliphatic heterocycles. The lowest BCUT2D eigenvalue weighted by Crippen LogP contribution is -2.45. The maximum atomic E-state index is 12.0. The normalized spacial score (nSPS) is 15.1. The first kappa shape index (κ1) is 17.9. The number of imide groups is 1. The first-order chi connectivity index (χ1) is 12.1. The Morgan fingerprint density at radius 1 is 1.32 bits per heavy atom. The summed E-state index contributed by atoms with van der Waals surface area (Å²) >= 11 is 2.85. The van der Waals surface area contributed by atoms with Gasteiger partial charge in [0.25, 0.3) is 0 Å². The summed E-state index contributed by atoms with van der Waals surface area (Å²) in [5.74, 6) is 0.557. The van der Waals surface area contributed by atoms with Crippen LogP contribution in [-0.2, 0) is 11.8 Å². The van der Waals surface area contributed by atoms with Gasteiger partial charge in [0.05, 0.1) is 10.6 Å². The van der Waals surface area contributed by atoms with Crippen molar-refractivity contribution in [3.8, 4) is 10.7 Å². The number of nitrogens with one attached hydrogen (secondary N) is 2. The Morgan fingerprint density at radius 2 is 2.12 bits per heavy atom. The van der Waals surface area contributed by atoms with Crippen LogP contribution in [0.15, 0.2) is 22.7 Å². The third-order valence-corrected chi connectivity index (χ3v) is 5.99. The number of nitrogens with zero attached hydrogens (tertiary/aromatic N) is 3. The van der Waals surface area contributed by atoms with E-state index in [0.29, 0.717) is 5.16 Å². The summed E-state index contributed by atoms with van der Waals surface area (Å²) in [5.41, 5.74) is 0. The molecule has 2 aromatic heterocycles. The Labute approximate surface area is 154 Å². The molecule has 0 bridgehead atoms. The quantitative estimate of drug-likeness (QED) is 0.780. The van der Waals surface area contributed by atoms with Crippen LogP contribution < -0.4 is 10.6 Å². The topological polar surface area (TPSA) is 88.9 Å². The van der Waals surface area contributed by atoms with Crippen molar-refractivity contribution in [3.63, 3.8) is 0 Å². The molecular formula is C16H21N5O2S2. The molecule has 1 aliphatic rings. The third-order valence-electron chi connectivity index (χ3n) is 4.10. The van der Waals surface area contributed by atoms with Gasteiger partial charge in [-0.1, -0.05) is 37.1 Å². The number of amides is 3. The first-order valence-corrected chi connectivity index (χ1v) is 10.2. The van der Waals surface area contributed by atoms with Crippen molar-refractivity contribution in [2.24, 2.45) is 7.05 Å². The molecule has 134 valence electrons. The fourth-order valence-corrected chi connectivity index (χ4v) is 4.28. The SMILES string of the molecule is Cn1c(SCC(=O)NC(=O)NC2CCCCC2)nnc1-c1cccs1. The van der Waals surface area contributed by atoms with E-state index in [1.165, 1.54) is 18.2 Å². The van der Waals surface area contributed by atoms with Gasteiger partial charge in [0.2, 0.25) is 5.91 Å². The van der Waals surface area contributed by atoms with Crippen molar-refractivity contribution in [1.29, 1.82) is 0 Å². The second-order valence-corrected chi connectivity index (χ2v) is 7.88. The molecule has 7 nitrogen and oxygen atoms in total. The van der Waals surface area contributed by atoms with E-state index >= 15 is 0 Å². The zero-order chi connectivity index (χ0) is 17.6. The standard InChI is InChI=1S/C16H21N5O2S2/c1-21-14(12-8-5-9-24-12)19-20-16(21)25-10-13(22)18-15(23)17-11-6-3-2-4-7-11/h5,8-9,11H,2-4,6-7,10H2,1H3,(H2,17,18,22,23). The van der Waals surface area contributed by atoms with Gasteiger partial charge in [0, 0.05) is 13.1 Å². The van der Waals surface area contributed by atoms with E-state index in [0.717, 1.165) is 36.4 Å². The van der Waals surface area contributed by atoms with Crippen molar-refractivity contribution < 1.29 is 9.59 Å². The monoisotopic (exact) mass is 379 g/mol. The van der Waals surface area contributed by atoms with Gasteiger partial charge in [-0.15, -0.1) is 21.5 Å². The van der Waals surface area contributed by atoms with Crippen molar-refractivity contribution in [1.82, 2.24) is 25.4 Å². The molecule has 25 heavy (non-hydrogen) atoms. The molecule has 1 aliphatic carbocycles. The number of aromatic nitrogens is 3. The number of urea groups is 1. The van der Waals surface area contributed by atoms with Gasteiger partial charge in [0.15, 0.2) is 11.0 Å². The highest BCUT2D eigenvalue weighted by molar-refractivity contribution is 7.99. The Morgan fingerprint density at radius 3 is 2.84 bits per heavy atom. The summed E-state index contributed by atoms with van der Waals surface area (Å²) in [6.45, 7) is 0. The average Bonchev–Trinajstić information content (AvgIpc) is 3.23. The first-order valence-electron chi connectivity index (χ1n) is 8.30. The fraction of sp³-hybridized carbons (Fsp3) is 0.500. The number of carbonyl (C=O) groups excluding carboxylic acids is 2. The van der Waals surface area contributed by atoms with E-state index in [4.69, 9.17) is 0 Å². The molecule has 0 spiro atoms. The highest BCUT2D eigenvalue weighted by Crippen LogP contribution is 2.25. The molecule has 2 N–H and O–H groups in total. The lowest BCUT2D eigenvalue weighted by atomic mass is 9.96. The largest absolute Gasteiger partial charge is 0.335 e. The number of hydrogen-bond acceptors (Lipinski definition) is 6. The van der Waals surface area contributed by atoms with Gasteiger partial charge in [-0.25, -0.2) is 4.79 Å². The highest BCUT2D eigenvalue weighted by atomic mass is 32.2.